The monoisotopic (exact) mass is 345 g/mol. The van der Waals surface area contributed by atoms with Crippen molar-refractivity contribution in [3.8, 4) is 0 Å². The summed E-state index contributed by atoms with van der Waals surface area (Å²) >= 11 is 2.34. The zero-order valence-electron chi connectivity index (χ0n) is 10.7. The molecule has 0 N–H and O–H groups in total. The van der Waals surface area contributed by atoms with Gasteiger partial charge in [-0.05, 0) is 61.1 Å². The standard InChI is InChI=1S/C14H20INO/c1-11-8-16(10-14(2,3)17-11)9-12-4-6-13(15)7-5-12/h4-7,11H,8-10H2,1-3H3. The van der Waals surface area contributed by atoms with Gasteiger partial charge in [-0.3, -0.25) is 4.90 Å². The quantitative estimate of drug-likeness (QED) is 0.763. The average molecular weight is 345 g/mol. The Morgan fingerprint density at radius 3 is 2.59 bits per heavy atom. The van der Waals surface area contributed by atoms with Crippen molar-refractivity contribution in [2.24, 2.45) is 0 Å². The van der Waals surface area contributed by atoms with Gasteiger partial charge in [-0.1, -0.05) is 12.1 Å². The highest BCUT2D eigenvalue weighted by molar-refractivity contribution is 14.1. The predicted octanol–water partition coefficient (Wildman–Crippen LogP) is 3.29. The molecule has 1 aromatic carbocycles. The molecule has 1 aliphatic rings. The van der Waals surface area contributed by atoms with Crippen LogP contribution in [-0.2, 0) is 11.3 Å². The number of halogens is 1. The number of hydrogen-bond acceptors (Lipinski definition) is 2. The highest BCUT2D eigenvalue weighted by Crippen LogP contribution is 2.22. The van der Waals surface area contributed by atoms with E-state index in [1.807, 2.05) is 0 Å². The SMILES string of the molecule is CC1CN(Cc2ccc(I)cc2)CC(C)(C)O1. The Morgan fingerprint density at radius 1 is 1.35 bits per heavy atom. The van der Waals surface area contributed by atoms with Gasteiger partial charge in [0.05, 0.1) is 11.7 Å². The van der Waals surface area contributed by atoms with Crippen LogP contribution < -0.4 is 0 Å². The minimum absolute atomic E-state index is 0.0269. The topological polar surface area (TPSA) is 12.5 Å². The van der Waals surface area contributed by atoms with Gasteiger partial charge in [0.25, 0.3) is 0 Å². The van der Waals surface area contributed by atoms with Crippen LogP contribution in [0.25, 0.3) is 0 Å². The third kappa shape index (κ3) is 3.93. The lowest BCUT2D eigenvalue weighted by molar-refractivity contribution is -0.130. The molecule has 0 aromatic heterocycles. The molecule has 1 saturated heterocycles. The van der Waals surface area contributed by atoms with E-state index in [-0.39, 0.29) is 5.60 Å². The number of rotatable bonds is 2. The van der Waals surface area contributed by atoms with E-state index in [0.29, 0.717) is 6.10 Å². The molecule has 1 unspecified atom stereocenters. The van der Waals surface area contributed by atoms with E-state index >= 15 is 0 Å². The van der Waals surface area contributed by atoms with Crippen LogP contribution in [0, 0.1) is 3.57 Å². The van der Waals surface area contributed by atoms with Crippen LogP contribution in [0.4, 0.5) is 0 Å². The Bertz CT molecular complexity index is 374. The van der Waals surface area contributed by atoms with Crippen molar-refractivity contribution in [2.45, 2.75) is 39.0 Å². The summed E-state index contributed by atoms with van der Waals surface area (Å²) in [7, 11) is 0. The summed E-state index contributed by atoms with van der Waals surface area (Å²) in [5, 5.41) is 0. The van der Waals surface area contributed by atoms with Crippen LogP contribution >= 0.6 is 22.6 Å². The number of benzene rings is 1. The van der Waals surface area contributed by atoms with Gasteiger partial charge in [-0.15, -0.1) is 0 Å². The zero-order valence-corrected chi connectivity index (χ0v) is 12.9. The molecule has 2 nitrogen and oxygen atoms in total. The number of morpholine rings is 1. The lowest BCUT2D eigenvalue weighted by Gasteiger charge is -2.41. The number of hydrogen-bond donors (Lipinski definition) is 0. The molecule has 2 rings (SSSR count). The van der Waals surface area contributed by atoms with E-state index in [4.69, 9.17) is 4.74 Å². The van der Waals surface area contributed by atoms with Crippen LogP contribution in [0.5, 0.6) is 0 Å². The largest absolute Gasteiger partial charge is 0.370 e. The third-order valence-corrected chi connectivity index (χ3v) is 3.68. The van der Waals surface area contributed by atoms with Gasteiger partial charge < -0.3 is 4.74 Å². The lowest BCUT2D eigenvalue weighted by atomic mass is 10.0. The first-order valence-corrected chi connectivity index (χ1v) is 7.17. The Hall–Kier alpha value is -0.130. The molecule has 17 heavy (non-hydrogen) atoms. The first kappa shape index (κ1) is 13.3. The van der Waals surface area contributed by atoms with Crippen LogP contribution in [0.2, 0.25) is 0 Å². The second-order valence-corrected chi connectivity index (χ2v) is 6.73. The summed E-state index contributed by atoms with van der Waals surface area (Å²) in [6.45, 7) is 9.54. The summed E-state index contributed by atoms with van der Waals surface area (Å²) in [5.41, 5.74) is 1.36. The van der Waals surface area contributed by atoms with E-state index < -0.39 is 0 Å². The van der Waals surface area contributed by atoms with E-state index in [1.165, 1.54) is 9.13 Å². The average Bonchev–Trinajstić information content (AvgIpc) is 2.18. The molecular formula is C14H20INO. The van der Waals surface area contributed by atoms with E-state index in [9.17, 15) is 0 Å². The fraction of sp³-hybridized carbons (Fsp3) is 0.571. The van der Waals surface area contributed by atoms with Gasteiger partial charge in [-0.25, -0.2) is 0 Å². The van der Waals surface area contributed by atoms with E-state index in [2.05, 4.69) is 72.5 Å². The highest BCUT2D eigenvalue weighted by Gasteiger charge is 2.30. The highest BCUT2D eigenvalue weighted by atomic mass is 127. The van der Waals surface area contributed by atoms with Gasteiger partial charge in [0.1, 0.15) is 0 Å². The Balaban J connectivity index is 2.01. The summed E-state index contributed by atoms with van der Waals surface area (Å²) in [5.74, 6) is 0. The number of ether oxygens (including phenoxy) is 1. The molecule has 0 spiro atoms. The van der Waals surface area contributed by atoms with Crippen LogP contribution in [0.1, 0.15) is 26.3 Å². The normalized spacial score (nSPS) is 24.8. The summed E-state index contributed by atoms with van der Waals surface area (Å²) in [4.78, 5) is 2.48. The van der Waals surface area contributed by atoms with Gasteiger partial charge in [-0.2, -0.15) is 0 Å². The predicted molar refractivity (Wildman–Crippen MR) is 79.1 cm³/mol. The fourth-order valence-corrected chi connectivity index (χ4v) is 2.91. The molecule has 0 amide bonds. The van der Waals surface area contributed by atoms with Gasteiger partial charge in [0.15, 0.2) is 0 Å². The number of nitrogens with zero attached hydrogens (tertiary/aromatic N) is 1. The molecule has 1 atom stereocenters. The smallest absolute Gasteiger partial charge is 0.0757 e. The van der Waals surface area contributed by atoms with E-state index in [1.54, 1.807) is 0 Å². The van der Waals surface area contributed by atoms with Crippen molar-refractivity contribution in [3.63, 3.8) is 0 Å². The van der Waals surface area contributed by atoms with Gasteiger partial charge in [0, 0.05) is 23.2 Å². The lowest BCUT2D eigenvalue weighted by Crippen LogP contribution is -2.51. The summed E-state index contributed by atoms with van der Waals surface area (Å²) < 4.78 is 7.21. The van der Waals surface area contributed by atoms with Crippen molar-refractivity contribution >= 4 is 22.6 Å². The maximum atomic E-state index is 5.92. The molecule has 1 aliphatic heterocycles. The first-order chi connectivity index (χ1) is 7.94. The maximum Gasteiger partial charge on any atom is 0.0757 e. The molecule has 0 saturated carbocycles. The van der Waals surface area contributed by atoms with Crippen molar-refractivity contribution in [1.29, 1.82) is 0 Å². The molecular weight excluding hydrogens is 325 g/mol. The molecule has 1 heterocycles. The maximum absolute atomic E-state index is 5.92. The zero-order chi connectivity index (χ0) is 12.5. The Morgan fingerprint density at radius 2 is 2.00 bits per heavy atom. The molecule has 1 fully saturated rings. The van der Waals surface area contributed by atoms with Crippen LogP contribution in [-0.4, -0.2) is 29.7 Å². The molecule has 0 bridgehead atoms. The second-order valence-electron chi connectivity index (χ2n) is 5.48. The van der Waals surface area contributed by atoms with Crippen LogP contribution in [0.3, 0.4) is 0 Å². The molecule has 94 valence electrons. The first-order valence-electron chi connectivity index (χ1n) is 6.09. The third-order valence-electron chi connectivity index (χ3n) is 2.96. The Labute approximate surface area is 117 Å². The van der Waals surface area contributed by atoms with Crippen molar-refractivity contribution in [3.05, 3.63) is 33.4 Å². The molecule has 1 aromatic rings. The fourth-order valence-electron chi connectivity index (χ4n) is 2.55. The molecule has 0 aliphatic carbocycles. The van der Waals surface area contributed by atoms with Crippen LogP contribution in [0.15, 0.2) is 24.3 Å². The molecule has 0 radical (unpaired) electrons. The second kappa shape index (κ2) is 5.24. The van der Waals surface area contributed by atoms with E-state index in [0.717, 1.165) is 19.6 Å². The van der Waals surface area contributed by atoms with Gasteiger partial charge in [0.2, 0.25) is 0 Å². The van der Waals surface area contributed by atoms with Crippen molar-refractivity contribution < 1.29 is 4.74 Å². The summed E-state index contributed by atoms with van der Waals surface area (Å²) in [6.07, 6.45) is 0.322. The summed E-state index contributed by atoms with van der Waals surface area (Å²) in [6, 6.07) is 8.78. The molecule has 3 heteroatoms. The Kier molecular flexibility index (Phi) is 4.10. The van der Waals surface area contributed by atoms with Crippen molar-refractivity contribution in [1.82, 2.24) is 4.90 Å². The minimum atomic E-state index is -0.0269. The van der Waals surface area contributed by atoms with Crippen molar-refractivity contribution in [2.75, 3.05) is 13.1 Å². The minimum Gasteiger partial charge on any atom is -0.370 e. The van der Waals surface area contributed by atoms with Gasteiger partial charge >= 0.3 is 0 Å².